The molecule has 1 saturated heterocycles. The number of azo groups is 1. The van der Waals surface area contributed by atoms with Crippen LogP contribution in [0.3, 0.4) is 0 Å². The highest BCUT2D eigenvalue weighted by Gasteiger charge is 2.39. The lowest BCUT2D eigenvalue weighted by molar-refractivity contribution is -0.227. The van der Waals surface area contributed by atoms with E-state index in [-0.39, 0.29) is 37.2 Å². The summed E-state index contributed by atoms with van der Waals surface area (Å²) in [7, 11) is 0. The average Bonchev–Trinajstić information content (AvgIpc) is 3.23. The summed E-state index contributed by atoms with van der Waals surface area (Å²) in [4.78, 5) is 16.7. The number of aliphatic imine (C=N–C) groups is 1. The van der Waals surface area contributed by atoms with Crippen LogP contribution in [0.1, 0.15) is 41.3 Å². The monoisotopic (exact) mass is 532 g/mol. The number of morpholine rings is 1. The second kappa shape index (κ2) is 10.3. The van der Waals surface area contributed by atoms with Crippen LogP contribution >= 0.6 is 0 Å². The molecule has 14 heteroatoms. The van der Waals surface area contributed by atoms with Gasteiger partial charge in [-0.15, -0.1) is 5.11 Å². The lowest BCUT2D eigenvalue weighted by Gasteiger charge is -2.41. The van der Waals surface area contributed by atoms with Gasteiger partial charge in [-0.1, -0.05) is 17.2 Å². The van der Waals surface area contributed by atoms with Crippen LogP contribution < -0.4 is 0 Å². The summed E-state index contributed by atoms with van der Waals surface area (Å²) >= 11 is 0. The molecule has 2 heterocycles. The third-order valence-electron chi connectivity index (χ3n) is 5.76. The van der Waals surface area contributed by atoms with E-state index in [1.807, 2.05) is 0 Å². The molecule has 0 N–H and O–H groups in total. The summed E-state index contributed by atoms with van der Waals surface area (Å²) in [6.45, 7) is 1.66. The van der Waals surface area contributed by atoms with Crippen LogP contribution in [0.4, 0.5) is 35.5 Å². The van der Waals surface area contributed by atoms with Gasteiger partial charge in [0.25, 0.3) is 0 Å². The molecule has 0 radical (unpaired) electrons. The topological polar surface area (TPSA) is 75.8 Å². The summed E-state index contributed by atoms with van der Waals surface area (Å²) in [6.07, 6.45) is -12.5. The zero-order valence-electron chi connectivity index (χ0n) is 19.1. The molecule has 2 aromatic carbocycles. The SMILES string of the molecule is CC(OC1OCCN(CC2=NC(=O)N=N2)C1c1ccc(F)cc1)c1cc(C(F)(F)F)cc(C(F)(F)F)c1. The first-order chi connectivity index (χ1) is 17.3. The van der Waals surface area contributed by atoms with Crippen molar-refractivity contribution in [1.29, 1.82) is 0 Å². The molecule has 3 unspecified atom stereocenters. The lowest BCUT2D eigenvalue weighted by Crippen LogP contribution is -2.48. The van der Waals surface area contributed by atoms with E-state index >= 15 is 0 Å². The molecule has 2 aromatic rings. The zero-order valence-corrected chi connectivity index (χ0v) is 19.1. The van der Waals surface area contributed by atoms with E-state index in [0.29, 0.717) is 17.7 Å². The Bertz CT molecular complexity index is 1180. The number of nitrogens with zero attached hydrogens (tertiary/aromatic N) is 4. The minimum absolute atomic E-state index is 0.0106. The number of halogens is 7. The lowest BCUT2D eigenvalue weighted by atomic mass is 10.0. The Morgan fingerprint density at radius 2 is 1.65 bits per heavy atom. The molecule has 4 rings (SSSR count). The molecule has 0 bridgehead atoms. The quantitative estimate of drug-likeness (QED) is 0.408. The van der Waals surface area contributed by atoms with Crippen LogP contribution in [0.2, 0.25) is 0 Å². The number of alkyl halides is 6. The zero-order chi connectivity index (χ0) is 27.0. The Balaban J connectivity index is 1.65. The number of hydrogen-bond donors (Lipinski definition) is 0. The third kappa shape index (κ3) is 6.37. The minimum atomic E-state index is -5.02. The first kappa shape index (κ1) is 26.8. The fourth-order valence-electron chi connectivity index (χ4n) is 4.01. The molecular formula is C23H19F7N4O3. The van der Waals surface area contributed by atoms with Crippen LogP contribution in [0.15, 0.2) is 57.7 Å². The van der Waals surface area contributed by atoms with Gasteiger partial charge in [0.2, 0.25) is 0 Å². The number of urea groups is 1. The molecule has 0 aromatic heterocycles. The molecule has 2 amide bonds. The molecule has 7 nitrogen and oxygen atoms in total. The average molecular weight is 532 g/mol. The summed E-state index contributed by atoms with van der Waals surface area (Å²) in [5, 5.41) is 7.00. The van der Waals surface area contributed by atoms with Gasteiger partial charge in [-0.2, -0.15) is 31.3 Å². The van der Waals surface area contributed by atoms with Gasteiger partial charge in [-0.3, -0.25) is 4.90 Å². The summed E-state index contributed by atoms with van der Waals surface area (Å²) in [6, 6.07) is 4.89. The highest BCUT2D eigenvalue weighted by molar-refractivity contribution is 5.99. The number of benzene rings is 2. The third-order valence-corrected chi connectivity index (χ3v) is 5.76. The molecule has 3 atom stereocenters. The van der Waals surface area contributed by atoms with Crippen molar-refractivity contribution in [3.8, 4) is 0 Å². The second-order valence-electron chi connectivity index (χ2n) is 8.33. The van der Waals surface area contributed by atoms with Crippen molar-refractivity contribution in [2.24, 2.45) is 15.2 Å². The number of rotatable bonds is 6. The van der Waals surface area contributed by atoms with Crippen LogP contribution in [0.25, 0.3) is 0 Å². The van der Waals surface area contributed by atoms with Crippen molar-refractivity contribution in [1.82, 2.24) is 4.90 Å². The maximum absolute atomic E-state index is 13.6. The first-order valence-corrected chi connectivity index (χ1v) is 10.9. The number of amidine groups is 1. The van der Waals surface area contributed by atoms with Crippen LogP contribution in [0, 0.1) is 5.82 Å². The second-order valence-corrected chi connectivity index (χ2v) is 8.33. The largest absolute Gasteiger partial charge is 0.416 e. The van der Waals surface area contributed by atoms with Crippen molar-refractivity contribution in [3.63, 3.8) is 0 Å². The van der Waals surface area contributed by atoms with Crippen LogP contribution in [-0.4, -0.2) is 42.8 Å². The number of hydrogen-bond acceptors (Lipinski definition) is 5. The summed E-state index contributed by atoms with van der Waals surface area (Å²) < 4.78 is 105. The molecule has 198 valence electrons. The maximum atomic E-state index is 13.6. The van der Waals surface area contributed by atoms with Crippen molar-refractivity contribution < 1.29 is 45.0 Å². The van der Waals surface area contributed by atoms with Gasteiger partial charge >= 0.3 is 18.4 Å². The Labute approximate surface area is 205 Å². The van der Waals surface area contributed by atoms with Gasteiger partial charge in [0.15, 0.2) is 12.1 Å². The number of amides is 2. The molecule has 2 aliphatic heterocycles. The van der Waals surface area contributed by atoms with E-state index < -0.39 is 53.8 Å². The molecule has 0 saturated carbocycles. The van der Waals surface area contributed by atoms with E-state index in [1.165, 1.54) is 31.2 Å². The first-order valence-electron chi connectivity index (χ1n) is 10.9. The highest BCUT2D eigenvalue weighted by Crippen LogP contribution is 2.39. The fourth-order valence-corrected chi connectivity index (χ4v) is 4.01. The van der Waals surface area contributed by atoms with Gasteiger partial charge in [-0.25, -0.2) is 9.18 Å². The predicted octanol–water partition coefficient (Wildman–Crippen LogP) is 6.32. The Morgan fingerprint density at radius 3 is 2.19 bits per heavy atom. The molecule has 1 fully saturated rings. The highest BCUT2D eigenvalue weighted by atomic mass is 19.4. The maximum Gasteiger partial charge on any atom is 0.416 e. The molecule has 37 heavy (non-hydrogen) atoms. The summed E-state index contributed by atoms with van der Waals surface area (Å²) in [5.41, 5.74) is -2.81. The number of ether oxygens (including phenoxy) is 2. The van der Waals surface area contributed by atoms with Crippen molar-refractivity contribution in [3.05, 3.63) is 70.5 Å². The van der Waals surface area contributed by atoms with E-state index in [0.717, 1.165) is 0 Å². The van der Waals surface area contributed by atoms with Gasteiger partial charge in [0.1, 0.15) is 5.82 Å². The smallest absolute Gasteiger partial charge is 0.349 e. The van der Waals surface area contributed by atoms with Crippen LogP contribution in [-0.2, 0) is 21.8 Å². The molecule has 0 aliphatic carbocycles. The Hall–Kier alpha value is -3.23. The van der Waals surface area contributed by atoms with E-state index in [2.05, 4.69) is 15.2 Å². The number of carbonyl (C=O) groups excluding carboxylic acids is 1. The van der Waals surface area contributed by atoms with E-state index in [1.54, 1.807) is 4.90 Å². The van der Waals surface area contributed by atoms with Gasteiger partial charge in [0, 0.05) is 6.54 Å². The van der Waals surface area contributed by atoms with E-state index in [4.69, 9.17) is 9.47 Å². The normalized spacial score (nSPS) is 21.8. The van der Waals surface area contributed by atoms with Crippen molar-refractivity contribution in [2.45, 2.75) is 37.7 Å². The molecular weight excluding hydrogens is 513 g/mol. The Morgan fingerprint density at radius 1 is 1.03 bits per heavy atom. The number of carbonyl (C=O) groups is 1. The predicted molar refractivity (Wildman–Crippen MR) is 114 cm³/mol. The van der Waals surface area contributed by atoms with E-state index in [9.17, 15) is 35.5 Å². The van der Waals surface area contributed by atoms with Crippen molar-refractivity contribution in [2.75, 3.05) is 19.7 Å². The van der Waals surface area contributed by atoms with Gasteiger partial charge in [0.05, 0.1) is 36.4 Å². The summed E-state index contributed by atoms with van der Waals surface area (Å²) in [5.74, 6) is -0.431. The standard InChI is InChI=1S/C23H19F7N4O3/c1-12(14-8-15(22(25,26)27)10-16(9-14)23(28,29)30)37-20-19(13-2-4-17(24)5-3-13)34(6-7-36-20)11-18-31-21(35)33-32-18/h2-5,8-10,12,19-20H,6-7,11H2,1H3. The molecule has 0 spiro atoms. The van der Waals surface area contributed by atoms with Gasteiger partial charge < -0.3 is 9.47 Å². The Kier molecular flexibility index (Phi) is 7.44. The van der Waals surface area contributed by atoms with Gasteiger partial charge in [-0.05, 0) is 48.4 Å². The van der Waals surface area contributed by atoms with Crippen LogP contribution in [0.5, 0.6) is 0 Å². The fraction of sp³-hybridized carbons (Fsp3) is 0.391. The molecule has 2 aliphatic rings. The van der Waals surface area contributed by atoms with Crippen molar-refractivity contribution >= 4 is 11.9 Å². The minimum Gasteiger partial charge on any atom is -0.349 e.